The summed E-state index contributed by atoms with van der Waals surface area (Å²) in [5.74, 6) is 0.886. The lowest BCUT2D eigenvalue weighted by Gasteiger charge is -2.33. The smallest absolute Gasteiger partial charge is 0.254 e. The van der Waals surface area contributed by atoms with E-state index in [4.69, 9.17) is 15.2 Å². The predicted octanol–water partition coefficient (Wildman–Crippen LogP) is 3.56. The van der Waals surface area contributed by atoms with E-state index >= 15 is 0 Å². The van der Waals surface area contributed by atoms with E-state index in [2.05, 4.69) is 18.2 Å². The largest absolute Gasteiger partial charge is 0.497 e. The molecule has 3 aromatic carbocycles. The molecule has 1 fully saturated rings. The van der Waals surface area contributed by atoms with E-state index in [1.165, 1.54) is 0 Å². The van der Waals surface area contributed by atoms with E-state index in [0.717, 1.165) is 34.1 Å². The van der Waals surface area contributed by atoms with Crippen LogP contribution in [0.3, 0.4) is 0 Å². The van der Waals surface area contributed by atoms with Gasteiger partial charge in [-0.25, -0.2) is 0 Å². The monoisotopic (exact) mass is 390 g/mol. The van der Waals surface area contributed by atoms with Crippen LogP contribution in [-0.2, 0) is 11.2 Å². The molecule has 1 heterocycles. The second-order valence-electron chi connectivity index (χ2n) is 7.32. The summed E-state index contributed by atoms with van der Waals surface area (Å²) in [6.07, 6.45) is 0.692. The van der Waals surface area contributed by atoms with E-state index in [1.807, 2.05) is 47.4 Å². The molecule has 29 heavy (non-hydrogen) atoms. The third-order valence-corrected chi connectivity index (χ3v) is 5.43. The lowest BCUT2D eigenvalue weighted by atomic mass is 10.0. The number of nitrogens with two attached hydrogens (primary N) is 1. The lowest BCUT2D eigenvalue weighted by molar-refractivity contribution is -0.0227. The summed E-state index contributed by atoms with van der Waals surface area (Å²) < 4.78 is 11.3. The van der Waals surface area contributed by atoms with Gasteiger partial charge in [-0.1, -0.05) is 30.3 Å². The number of rotatable bonds is 5. The average Bonchev–Trinajstić information content (AvgIpc) is 2.78. The van der Waals surface area contributed by atoms with E-state index in [9.17, 15) is 4.79 Å². The number of hydrogen-bond donors (Lipinski definition) is 1. The van der Waals surface area contributed by atoms with Gasteiger partial charge < -0.3 is 20.1 Å². The molecule has 1 amide bonds. The first-order chi connectivity index (χ1) is 14.2. The fourth-order valence-corrected chi connectivity index (χ4v) is 3.77. The Labute approximate surface area is 171 Å². The molecule has 1 atom stereocenters. The molecule has 4 rings (SSSR count). The molecule has 150 valence electrons. The molecule has 0 radical (unpaired) electrons. The van der Waals surface area contributed by atoms with Crippen LogP contribution in [0.25, 0.3) is 10.8 Å². The van der Waals surface area contributed by atoms with E-state index < -0.39 is 0 Å². The molecule has 5 heteroatoms. The number of carbonyl (C=O) groups excluding carboxylic acids is 1. The standard InChI is InChI=1S/C24H26N2O3/c1-28-22-9-8-19-14-21(7-6-20(19)15-22)23-16-26(12-13-29-23)24(27)18-4-2-17(3-5-18)10-11-25/h2-9,14-15,23H,10-13,16,25H2,1H3/t23-/m1/s1. The van der Waals surface area contributed by atoms with Crippen molar-refractivity contribution in [3.63, 3.8) is 0 Å². The highest BCUT2D eigenvalue weighted by Gasteiger charge is 2.26. The predicted molar refractivity (Wildman–Crippen MR) is 114 cm³/mol. The number of benzene rings is 3. The van der Waals surface area contributed by atoms with Crippen LogP contribution in [0.2, 0.25) is 0 Å². The molecule has 0 aromatic heterocycles. The minimum absolute atomic E-state index is 0.0446. The van der Waals surface area contributed by atoms with Crippen LogP contribution >= 0.6 is 0 Å². The van der Waals surface area contributed by atoms with Gasteiger partial charge in [0.15, 0.2) is 0 Å². The summed E-state index contributed by atoms with van der Waals surface area (Å²) in [6, 6.07) is 20.0. The van der Waals surface area contributed by atoms with Crippen molar-refractivity contribution >= 4 is 16.7 Å². The molecule has 1 saturated heterocycles. The lowest BCUT2D eigenvalue weighted by Crippen LogP contribution is -2.42. The molecule has 0 unspecified atom stereocenters. The maximum absolute atomic E-state index is 13.0. The van der Waals surface area contributed by atoms with Gasteiger partial charge in [0, 0.05) is 12.1 Å². The number of hydrogen-bond acceptors (Lipinski definition) is 4. The van der Waals surface area contributed by atoms with Crippen molar-refractivity contribution < 1.29 is 14.3 Å². The van der Waals surface area contributed by atoms with Crippen LogP contribution in [0.5, 0.6) is 5.75 Å². The molecule has 0 bridgehead atoms. The molecular weight excluding hydrogens is 364 g/mol. The molecule has 0 saturated carbocycles. The Morgan fingerprint density at radius 3 is 2.62 bits per heavy atom. The van der Waals surface area contributed by atoms with Gasteiger partial charge >= 0.3 is 0 Å². The number of nitrogens with zero attached hydrogens (tertiary/aromatic N) is 1. The van der Waals surface area contributed by atoms with Crippen LogP contribution in [0.4, 0.5) is 0 Å². The molecule has 0 spiro atoms. The Morgan fingerprint density at radius 1 is 1.10 bits per heavy atom. The van der Waals surface area contributed by atoms with Crippen molar-refractivity contribution in [2.75, 3.05) is 33.4 Å². The summed E-state index contributed by atoms with van der Waals surface area (Å²) >= 11 is 0. The summed E-state index contributed by atoms with van der Waals surface area (Å²) in [7, 11) is 1.67. The first-order valence-electron chi connectivity index (χ1n) is 9.95. The van der Waals surface area contributed by atoms with Crippen molar-refractivity contribution in [3.05, 3.63) is 77.4 Å². The minimum atomic E-state index is -0.129. The maximum atomic E-state index is 13.0. The summed E-state index contributed by atoms with van der Waals surface area (Å²) in [5.41, 5.74) is 8.54. The highest BCUT2D eigenvalue weighted by atomic mass is 16.5. The third kappa shape index (κ3) is 4.26. The van der Waals surface area contributed by atoms with Gasteiger partial charge in [-0.15, -0.1) is 0 Å². The quantitative estimate of drug-likeness (QED) is 0.723. The number of carbonyl (C=O) groups is 1. The molecule has 2 N–H and O–H groups in total. The maximum Gasteiger partial charge on any atom is 0.254 e. The van der Waals surface area contributed by atoms with Gasteiger partial charge in [-0.3, -0.25) is 4.79 Å². The summed E-state index contributed by atoms with van der Waals surface area (Å²) in [6.45, 7) is 2.29. The zero-order chi connectivity index (χ0) is 20.2. The van der Waals surface area contributed by atoms with E-state index in [1.54, 1.807) is 7.11 Å². The Hall–Kier alpha value is -2.89. The number of amides is 1. The van der Waals surface area contributed by atoms with Crippen LogP contribution < -0.4 is 10.5 Å². The van der Waals surface area contributed by atoms with Gasteiger partial charge in [-0.2, -0.15) is 0 Å². The van der Waals surface area contributed by atoms with Crippen LogP contribution in [0.15, 0.2) is 60.7 Å². The Bertz CT molecular complexity index is 1000. The summed E-state index contributed by atoms with van der Waals surface area (Å²) in [4.78, 5) is 14.8. The van der Waals surface area contributed by atoms with E-state index in [-0.39, 0.29) is 12.0 Å². The SMILES string of the molecule is COc1ccc2cc([C@H]3CN(C(=O)c4ccc(CCN)cc4)CCO3)ccc2c1. The average molecular weight is 390 g/mol. The van der Waals surface area contributed by atoms with Crippen molar-refractivity contribution in [1.29, 1.82) is 0 Å². The van der Waals surface area contributed by atoms with Gasteiger partial charge in [0.2, 0.25) is 0 Å². The number of fused-ring (bicyclic) bond motifs is 1. The Balaban J connectivity index is 1.50. The second kappa shape index (κ2) is 8.64. The first kappa shape index (κ1) is 19.4. The van der Waals surface area contributed by atoms with Crippen molar-refractivity contribution in [3.8, 4) is 5.75 Å². The fraction of sp³-hybridized carbons (Fsp3) is 0.292. The van der Waals surface area contributed by atoms with Gasteiger partial charge in [0.05, 0.1) is 20.3 Å². The van der Waals surface area contributed by atoms with Crippen LogP contribution in [0, 0.1) is 0 Å². The van der Waals surface area contributed by atoms with Crippen molar-refractivity contribution in [2.45, 2.75) is 12.5 Å². The van der Waals surface area contributed by atoms with Gasteiger partial charge in [0.25, 0.3) is 5.91 Å². The Kier molecular flexibility index (Phi) is 5.79. The molecule has 5 nitrogen and oxygen atoms in total. The minimum Gasteiger partial charge on any atom is -0.497 e. The molecule has 0 aliphatic carbocycles. The number of morpholine rings is 1. The zero-order valence-corrected chi connectivity index (χ0v) is 16.6. The molecule has 3 aromatic rings. The third-order valence-electron chi connectivity index (χ3n) is 5.43. The van der Waals surface area contributed by atoms with Crippen LogP contribution in [-0.4, -0.2) is 44.2 Å². The first-order valence-corrected chi connectivity index (χ1v) is 9.95. The van der Waals surface area contributed by atoms with Crippen molar-refractivity contribution in [1.82, 2.24) is 4.90 Å². The van der Waals surface area contributed by atoms with Crippen molar-refractivity contribution in [2.24, 2.45) is 5.73 Å². The van der Waals surface area contributed by atoms with Gasteiger partial charge in [-0.05, 0) is 65.2 Å². The van der Waals surface area contributed by atoms with E-state index in [0.29, 0.717) is 31.8 Å². The fourth-order valence-electron chi connectivity index (χ4n) is 3.77. The second-order valence-corrected chi connectivity index (χ2v) is 7.32. The normalized spacial score (nSPS) is 16.8. The zero-order valence-electron chi connectivity index (χ0n) is 16.6. The topological polar surface area (TPSA) is 64.8 Å². The molecule has 1 aliphatic rings. The highest BCUT2D eigenvalue weighted by Crippen LogP contribution is 2.28. The molecule has 1 aliphatic heterocycles. The van der Waals surface area contributed by atoms with Crippen LogP contribution in [0.1, 0.15) is 27.6 Å². The molecular formula is C24H26N2O3. The summed E-state index contributed by atoms with van der Waals surface area (Å²) in [5, 5.41) is 2.25. The Morgan fingerprint density at radius 2 is 1.86 bits per heavy atom. The highest BCUT2D eigenvalue weighted by molar-refractivity contribution is 5.94. The van der Waals surface area contributed by atoms with Gasteiger partial charge in [0.1, 0.15) is 11.9 Å². The number of ether oxygens (including phenoxy) is 2. The number of methoxy groups -OCH3 is 1.